The topological polar surface area (TPSA) is 64.4 Å². The first-order valence-corrected chi connectivity index (χ1v) is 11.2. The van der Waals surface area contributed by atoms with Gasteiger partial charge in [-0.05, 0) is 43.2 Å². The van der Waals surface area contributed by atoms with Crippen LogP contribution >= 0.6 is 0 Å². The van der Waals surface area contributed by atoms with Crippen molar-refractivity contribution >= 4 is 10.0 Å². The molecule has 1 aromatic heterocycles. The largest absolute Gasteiger partial charge is 0.497 e. The van der Waals surface area contributed by atoms with E-state index in [1.54, 1.807) is 42.6 Å². The lowest BCUT2D eigenvalue weighted by Crippen LogP contribution is -2.29. The van der Waals surface area contributed by atoms with Gasteiger partial charge in [0.15, 0.2) is 0 Å². The van der Waals surface area contributed by atoms with Gasteiger partial charge in [-0.1, -0.05) is 18.2 Å². The smallest absolute Gasteiger partial charge is 0.243 e. The van der Waals surface area contributed by atoms with Gasteiger partial charge in [0.2, 0.25) is 10.0 Å². The van der Waals surface area contributed by atoms with E-state index in [-0.39, 0.29) is 16.6 Å². The lowest BCUT2D eigenvalue weighted by Gasteiger charge is -2.18. The van der Waals surface area contributed by atoms with Gasteiger partial charge in [-0.3, -0.25) is 0 Å². The zero-order chi connectivity index (χ0) is 21.3. The summed E-state index contributed by atoms with van der Waals surface area (Å²) in [5, 5.41) is 0. The molecular weight excluding hydrogens is 405 g/mol. The van der Waals surface area contributed by atoms with Gasteiger partial charge in [0, 0.05) is 43.5 Å². The number of aromatic nitrogens is 2. The molecule has 6 nitrogen and oxygen atoms in total. The number of sulfonamides is 1. The molecule has 0 N–H and O–H groups in total. The maximum absolute atomic E-state index is 13.2. The summed E-state index contributed by atoms with van der Waals surface area (Å²) in [7, 11) is -2.09. The van der Waals surface area contributed by atoms with Crippen molar-refractivity contribution in [2.45, 2.75) is 30.7 Å². The Morgan fingerprint density at radius 1 is 1.20 bits per heavy atom. The fraction of sp³-hybridized carbons (Fsp3) is 0.318. The minimum atomic E-state index is -3.61. The highest BCUT2D eigenvalue weighted by Gasteiger charge is 2.35. The first-order chi connectivity index (χ1) is 14.4. The van der Waals surface area contributed by atoms with Gasteiger partial charge in [-0.15, -0.1) is 0 Å². The van der Waals surface area contributed by atoms with Crippen molar-refractivity contribution in [3.63, 3.8) is 0 Å². The van der Waals surface area contributed by atoms with Gasteiger partial charge in [-0.25, -0.2) is 17.8 Å². The molecule has 1 fully saturated rings. The third-order valence-electron chi connectivity index (χ3n) is 5.54. The van der Waals surface area contributed by atoms with E-state index in [1.165, 1.54) is 23.5 Å². The molecule has 0 bridgehead atoms. The molecule has 1 atom stereocenters. The Morgan fingerprint density at radius 3 is 2.70 bits per heavy atom. The lowest BCUT2D eigenvalue weighted by atomic mass is 10.1. The van der Waals surface area contributed by atoms with E-state index in [4.69, 9.17) is 4.74 Å². The van der Waals surface area contributed by atoms with E-state index in [2.05, 4.69) is 9.55 Å². The van der Waals surface area contributed by atoms with Crippen LogP contribution < -0.4 is 4.74 Å². The number of halogens is 1. The SMILES string of the molecule is COc1cccc(S(=O)(=O)N2CCC(c3ncc(C)n3Cc3ccc(F)cc3)C2)c1. The van der Waals surface area contributed by atoms with Gasteiger partial charge >= 0.3 is 0 Å². The summed E-state index contributed by atoms with van der Waals surface area (Å²) < 4.78 is 48.2. The van der Waals surface area contributed by atoms with E-state index in [0.29, 0.717) is 31.8 Å². The van der Waals surface area contributed by atoms with Gasteiger partial charge in [0.25, 0.3) is 0 Å². The summed E-state index contributed by atoms with van der Waals surface area (Å²) in [4.78, 5) is 4.81. The summed E-state index contributed by atoms with van der Waals surface area (Å²) in [6.07, 6.45) is 2.50. The van der Waals surface area contributed by atoms with Crippen LogP contribution in [0.3, 0.4) is 0 Å². The molecule has 2 aromatic carbocycles. The number of ether oxygens (including phenoxy) is 1. The van der Waals surface area contributed by atoms with Crippen LogP contribution in [-0.4, -0.2) is 42.5 Å². The third kappa shape index (κ3) is 3.97. The van der Waals surface area contributed by atoms with Crippen molar-refractivity contribution < 1.29 is 17.5 Å². The van der Waals surface area contributed by atoms with Crippen LogP contribution in [0.5, 0.6) is 5.75 Å². The van der Waals surface area contributed by atoms with Crippen LogP contribution in [0.2, 0.25) is 0 Å². The van der Waals surface area contributed by atoms with E-state index in [9.17, 15) is 12.8 Å². The Bertz CT molecular complexity index is 1140. The first kappa shape index (κ1) is 20.6. The predicted molar refractivity (Wildman–Crippen MR) is 112 cm³/mol. The molecule has 1 aliphatic heterocycles. The Morgan fingerprint density at radius 2 is 1.97 bits per heavy atom. The van der Waals surface area contributed by atoms with Crippen LogP contribution in [0.15, 0.2) is 59.6 Å². The molecule has 0 saturated carbocycles. The minimum absolute atomic E-state index is 0.000434. The van der Waals surface area contributed by atoms with Gasteiger partial charge in [0.1, 0.15) is 17.4 Å². The summed E-state index contributed by atoms with van der Waals surface area (Å²) in [5.41, 5.74) is 1.96. The molecule has 1 saturated heterocycles. The van der Waals surface area contributed by atoms with Crippen LogP contribution in [0.25, 0.3) is 0 Å². The molecule has 3 aromatic rings. The highest BCUT2D eigenvalue weighted by atomic mass is 32.2. The minimum Gasteiger partial charge on any atom is -0.497 e. The Hall–Kier alpha value is -2.71. The van der Waals surface area contributed by atoms with Crippen molar-refractivity contribution in [1.82, 2.24) is 13.9 Å². The molecule has 4 rings (SSSR count). The van der Waals surface area contributed by atoms with Gasteiger partial charge in [0.05, 0.1) is 12.0 Å². The normalized spacial score (nSPS) is 17.4. The molecule has 158 valence electrons. The predicted octanol–water partition coefficient (Wildman–Crippen LogP) is 3.57. The standard InChI is InChI=1S/C22H24FN3O3S/c1-16-13-24-22(26(16)14-17-6-8-19(23)9-7-17)18-10-11-25(15-18)30(27,28)21-5-3-4-20(12-21)29-2/h3-9,12-13,18H,10-11,14-15H2,1-2H3. The van der Waals surface area contributed by atoms with Crippen LogP contribution in [0.4, 0.5) is 4.39 Å². The van der Waals surface area contributed by atoms with E-state index < -0.39 is 10.0 Å². The molecule has 8 heteroatoms. The zero-order valence-corrected chi connectivity index (χ0v) is 17.8. The van der Waals surface area contributed by atoms with Crippen molar-refractivity contribution in [3.8, 4) is 5.75 Å². The molecule has 0 radical (unpaired) electrons. The summed E-state index contributed by atoms with van der Waals surface area (Å²) in [6, 6.07) is 12.9. The Kier molecular flexibility index (Phi) is 5.62. The second kappa shape index (κ2) is 8.20. The lowest BCUT2D eigenvalue weighted by molar-refractivity contribution is 0.412. The second-order valence-electron chi connectivity index (χ2n) is 7.50. The number of hydrogen-bond donors (Lipinski definition) is 0. The Labute approximate surface area is 176 Å². The molecular formula is C22H24FN3O3S. The number of rotatable bonds is 6. The number of imidazole rings is 1. The molecule has 0 amide bonds. The van der Waals surface area contributed by atoms with E-state index in [1.807, 2.05) is 6.92 Å². The summed E-state index contributed by atoms with van der Waals surface area (Å²) in [6.45, 7) is 3.35. The first-order valence-electron chi connectivity index (χ1n) is 9.79. The highest BCUT2D eigenvalue weighted by molar-refractivity contribution is 7.89. The van der Waals surface area contributed by atoms with Crippen molar-refractivity contribution in [3.05, 3.63) is 77.6 Å². The third-order valence-corrected chi connectivity index (χ3v) is 7.40. The van der Waals surface area contributed by atoms with Crippen molar-refractivity contribution in [2.24, 2.45) is 0 Å². The fourth-order valence-corrected chi connectivity index (χ4v) is 5.39. The zero-order valence-electron chi connectivity index (χ0n) is 17.0. The highest BCUT2D eigenvalue weighted by Crippen LogP contribution is 2.32. The average Bonchev–Trinajstić information content (AvgIpc) is 3.37. The van der Waals surface area contributed by atoms with Crippen LogP contribution in [-0.2, 0) is 16.6 Å². The maximum atomic E-state index is 13.2. The van der Waals surface area contributed by atoms with E-state index >= 15 is 0 Å². The molecule has 30 heavy (non-hydrogen) atoms. The van der Waals surface area contributed by atoms with Crippen LogP contribution in [0.1, 0.15) is 29.4 Å². The van der Waals surface area contributed by atoms with Gasteiger partial charge in [-0.2, -0.15) is 4.31 Å². The molecule has 2 heterocycles. The molecule has 1 unspecified atom stereocenters. The van der Waals surface area contributed by atoms with Crippen LogP contribution in [0, 0.1) is 12.7 Å². The monoisotopic (exact) mass is 429 g/mol. The average molecular weight is 430 g/mol. The number of hydrogen-bond acceptors (Lipinski definition) is 4. The van der Waals surface area contributed by atoms with Gasteiger partial charge < -0.3 is 9.30 Å². The van der Waals surface area contributed by atoms with Crippen molar-refractivity contribution in [2.75, 3.05) is 20.2 Å². The summed E-state index contributed by atoms with van der Waals surface area (Å²) >= 11 is 0. The number of methoxy groups -OCH3 is 1. The quantitative estimate of drug-likeness (QED) is 0.601. The second-order valence-corrected chi connectivity index (χ2v) is 9.44. The number of aryl methyl sites for hydroxylation is 1. The molecule has 1 aliphatic rings. The summed E-state index contributed by atoms with van der Waals surface area (Å²) in [5.74, 6) is 1.10. The Balaban J connectivity index is 1.55. The fourth-order valence-electron chi connectivity index (χ4n) is 3.85. The number of benzene rings is 2. The van der Waals surface area contributed by atoms with E-state index in [0.717, 1.165) is 17.1 Å². The molecule has 0 spiro atoms. The number of nitrogens with zero attached hydrogens (tertiary/aromatic N) is 3. The maximum Gasteiger partial charge on any atom is 0.243 e. The molecule has 0 aliphatic carbocycles. The van der Waals surface area contributed by atoms with Crippen molar-refractivity contribution in [1.29, 1.82) is 0 Å².